The van der Waals surface area contributed by atoms with Crippen LogP contribution in [-0.4, -0.2) is 17.6 Å². The van der Waals surface area contributed by atoms with E-state index in [-0.39, 0.29) is 5.97 Å². The Hall–Kier alpha value is -0.900. The van der Waals surface area contributed by atoms with Crippen LogP contribution >= 0.6 is 11.3 Å². The average Bonchev–Trinajstić information content (AvgIpc) is 2.50. The zero-order chi connectivity index (χ0) is 10.7. The van der Waals surface area contributed by atoms with E-state index in [4.69, 9.17) is 4.74 Å². The van der Waals surface area contributed by atoms with Crippen molar-refractivity contribution in [2.45, 2.75) is 38.5 Å². The van der Waals surface area contributed by atoms with Gasteiger partial charge >= 0.3 is 5.97 Å². The third kappa shape index (κ3) is 2.56. The lowest BCUT2D eigenvalue weighted by Crippen LogP contribution is -2.10. The molecule has 0 bridgehead atoms. The molecule has 0 atom stereocenters. The third-order valence-corrected chi connectivity index (χ3v) is 3.56. The molecule has 2 rings (SSSR count). The molecule has 0 unspecified atom stereocenters. The maximum Gasteiger partial charge on any atom is 0.312 e. The quantitative estimate of drug-likeness (QED) is 0.739. The van der Waals surface area contributed by atoms with Crippen LogP contribution in [-0.2, 0) is 16.0 Å². The molecule has 1 saturated carbocycles. The van der Waals surface area contributed by atoms with Gasteiger partial charge in [-0.3, -0.25) is 4.79 Å². The first kappa shape index (κ1) is 10.6. The number of ether oxygens (including phenoxy) is 1. The topological polar surface area (TPSA) is 39.2 Å². The molecule has 3 nitrogen and oxygen atoms in total. The summed E-state index contributed by atoms with van der Waals surface area (Å²) in [5, 5.41) is 2.97. The van der Waals surface area contributed by atoms with Gasteiger partial charge in [-0.25, -0.2) is 4.98 Å². The molecule has 4 heteroatoms. The summed E-state index contributed by atoms with van der Waals surface area (Å²) in [6.07, 6.45) is 4.14. The van der Waals surface area contributed by atoms with Crippen molar-refractivity contribution >= 4 is 17.3 Å². The van der Waals surface area contributed by atoms with Crippen LogP contribution in [0.2, 0.25) is 0 Å². The van der Waals surface area contributed by atoms with Crippen molar-refractivity contribution in [2.24, 2.45) is 0 Å². The molecule has 15 heavy (non-hydrogen) atoms. The second-order valence-corrected chi connectivity index (χ2v) is 4.72. The fourth-order valence-electron chi connectivity index (χ4n) is 1.63. The van der Waals surface area contributed by atoms with Gasteiger partial charge in [0.2, 0.25) is 0 Å². The van der Waals surface area contributed by atoms with E-state index in [0.29, 0.717) is 18.9 Å². The van der Waals surface area contributed by atoms with Crippen LogP contribution in [0.15, 0.2) is 5.38 Å². The number of carbonyl (C=O) groups is 1. The molecule has 0 N–H and O–H groups in total. The predicted molar refractivity (Wildman–Crippen MR) is 59.0 cm³/mol. The summed E-state index contributed by atoms with van der Waals surface area (Å²) in [5.41, 5.74) is 1.17. The Balaban J connectivity index is 1.91. The molecule has 1 aromatic heterocycles. The fraction of sp³-hybridized carbons (Fsp3) is 0.636. The summed E-state index contributed by atoms with van der Waals surface area (Å²) in [4.78, 5) is 15.7. The van der Waals surface area contributed by atoms with Crippen LogP contribution in [0, 0.1) is 0 Å². The number of aromatic nitrogens is 1. The molecule has 1 aromatic rings. The third-order valence-electron chi connectivity index (χ3n) is 2.69. The Kier molecular flexibility index (Phi) is 3.36. The molecule has 0 radical (unpaired) electrons. The van der Waals surface area contributed by atoms with Crippen molar-refractivity contribution in [1.82, 2.24) is 4.98 Å². The molecular weight excluding hydrogens is 210 g/mol. The number of rotatable bonds is 4. The zero-order valence-corrected chi connectivity index (χ0v) is 9.68. The van der Waals surface area contributed by atoms with Gasteiger partial charge in [0.25, 0.3) is 0 Å². The summed E-state index contributed by atoms with van der Waals surface area (Å²) < 4.78 is 4.88. The van der Waals surface area contributed by atoms with E-state index in [9.17, 15) is 4.79 Å². The summed E-state index contributed by atoms with van der Waals surface area (Å²) in [6.45, 7) is 2.26. The number of hydrogen-bond acceptors (Lipinski definition) is 4. The highest BCUT2D eigenvalue weighted by molar-refractivity contribution is 7.09. The first-order valence-corrected chi connectivity index (χ1v) is 6.27. The molecule has 0 aliphatic heterocycles. The van der Waals surface area contributed by atoms with Crippen LogP contribution < -0.4 is 0 Å². The van der Waals surface area contributed by atoms with Gasteiger partial charge in [-0.15, -0.1) is 11.3 Å². The molecule has 82 valence electrons. The molecule has 1 fully saturated rings. The Morgan fingerprint density at radius 3 is 3.07 bits per heavy atom. The van der Waals surface area contributed by atoms with Crippen LogP contribution in [0.4, 0.5) is 0 Å². The smallest absolute Gasteiger partial charge is 0.312 e. The summed E-state index contributed by atoms with van der Waals surface area (Å²) >= 11 is 1.57. The number of hydrogen-bond donors (Lipinski definition) is 0. The Morgan fingerprint density at radius 2 is 2.47 bits per heavy atom. The number of nitrogens with zero attached hydrogens (tertiary/aromatic N) is 1. The minimum atomic E-state index is -0.174. The highest BCUT2D eigenvalue weighted by Gasteiger charge is 2.22. The van der Waals surface area contributed by atoms with Crippen molar-refractivity contribution in [3.05, 3.63) is 16.1 Å². The second kappa shape index (κ2) is 4.75. The average molecular weight is 225 g/mol. The molecular formula is C11H15NO2S. The van der Waals surface area contributed by atoms with Crippen LogP contribution in [0.3, 0.4) is 0 Å². The van der Waals surface area contributed by atoms with E-state index in [1.54, 1.807) is 11.3 Å². The van der Waals surface area contributed by atoms with E-state index < -0.39 is 0 Å². The highest BCUT2D eigenvalue weighted by atomic mass is 32.1. The maximum atomic E-state index is 11.2. The van der Waals surface area contributed by atoms with E-state index in [1.807, 2.05) is 6.92 Å². The van der Waals surface area contributed by atoms with E-state index >= 15 is 0 Å². The van der Waals surface area contributed by atoms with Gasteiger partial charge in [0, 0.05) is 11.3 Å². The van der Waals surface area contributed by atoms with Crippen molar-refractivity contribution in [3.63, 3.8) is 0 Å². The van der Waals surface area contributed by atoms with Crippen LogP contribution in [0.25, 0.3) is 0 Å². The molecule has 0 spiro atoms. The first-order valence-electron chi connectivity index (χ1n) is 5.39. The monoisotopic (exact) mass is 225 g/mol. The second-order valence-electron chi connectivity index (χ2n) is 3.78. The molecule has 1 aliphatic rings. The van der Waals surface area contributed by atoms with Crippen molar-refractivity contribution in [2.75, 3.05) is 6.61 Å². The minimum absolute atomic E-state index is 0.174. The largest absolute Gasteiger partial charge is 0.466 e. The summed E-state index contributed by atoms with van der Waals surface area (Å²) in [5.74, 6) is 0.476. The lowest BCUT2D eigenvalue weighted by atomic mass is 9.83. The summed E-state index contributed by atoms with van der Waals surface area (Å²) in [6, 6.07) is 0. The normalized spacial score (nSPS) is 16.1. The number of carbonyl (C=O) groups excluding carboxylic acids is 1. The van der Waals surface area contributed by atoms with Gasteiger partial charge < -0.3 is 4.74 Å². The predicted octanol–water partition coefficient (Wildman–Crippen LogP) is 2.52. The first-order chi connectivity index (χ1) is 7.29. The molecule has 0 amide bonds. The van der Waals surface area contributed by atoms with Gasteiger partial charge in [0.1, 0.15) is 5.01 Å². The van der Waals surface area contributed by atoms with Crippen molar-refractivity contribution in [1.29, 1.82) is 0 Å². The van der Waals surface area contributed by atoms with E-state index in [2.05, 4.69) is 10.4 Å². The SMILES string of the molecule is CCOC(=O)Cc1nc(C2CCC2)cs1. The van der Waals surface area contributed by atoms with Crippen LogP contribution in [0.1, 0.15) is 42.8 Å². The Morgan fingerprint density at radius 1 is 1.67 bits per heavy atom. The minimum Gasteiger partial charge on any atom is -0.466 e. The molecule has 1 aliphatic carbocycles. The highest BCUT2D eigenvalue weighted by Crippen LogP contribution is 2.36. The fourth-order valence-corrected chi connectivity index (χ4v) is 2.49. The lowest BCUT2D eigenvalue weighted by Gasteiger charge is -2.22. The maximum absolute atomic E-state index is 11.2. The Labute approximate surface area is 93.5 Å². The van der Waals surface area contributed by atoms with Gasteiger partial charge in [-0.2, -0.15) is 0 Å². The molecule has 0 aromatic carbocycles. The molecule has 0 saturated heterocycles. The Bertz CT molecular complexity index is 344. The van der Waals surface area contributed by atoms with Crippen molar-refractivity contribution < 1.29 is 9.53 Å². The van der Waals surface area contributed by atoms with Crippen LogP contribution in [0.5, 0.6) is 0 Å². The number of esters is 1. The standard InChI is InChI=1S/C11H15NO2S/c1-2-14-11(13)6-10-12-9(7-15-10)8-4-3-5-8/h7-8H,2-6H2,1H3. The van der Waals surface area contributed by atoms with Crippen molar-refractivity contribution in [3.8, 4) is 0 Å². The zero-order valence-electron chi connectivity index (χ0n) is 8.86. The van der Waals surface area contributed by atoms with Gasteiger partial charge in [0.15, 0.2) is 0 Å². The number of thiazole rings is 1. The molecule has 1 heterocycles. The van der Waals surface area contributed by atoms with Gasteiger partial charge in [0.05, 0.1) is 18.7 Å². The van der Waals surface area contributed by atoms with Gasteiger partial charge in [-0.05, 0) is 19.8 Å². The lowest BCUT2D eigenvalue weighted by molar-refractivity contribution is -0.142. The van der Waals surface area contributed by atoms with E-state index in [0.717, 1.165) is 5.01 Å². The van der Waals surface area contributed by atoms with Gasteiger partial charge in [-0.1, -0.05) is 6.42 Å². The summed E-state index contributed by atoms with van der Waals surface area (Å²) in [7, 11) is 0. The van der Waals surface area contributed by atoms with E-state index in [1.165, 1.54) is 25.0 Å².